The Morgan fingerprint density at radius 1 is 1.23 bits per heavy atom. The Morgan fingerprint density at radius 3 is 2.50 bits per heavy atom. The van der Waals surface area contributed by atoms with Crippen LogP contribution in [-0.4, -0.2) is 29.9 Å². The van der Waals surface area contributed by atoms with Crippen molar-refractivity contribution in [3.8, 4) is 0 Å². The topological polar surface area (TPSA) is 70.2 Å². The van der Waals surface area contributed by atoms with Gasteiger partial charge in [0.25, 0.3) is 5.91 Å². The number of nitrogens with one attached hydrogen (secondary N) is 3. The van der Waals surface area contributed by atoms with Crippen molar-refractivity contribution in [2.75, 3.05) is 11.9 Å². The van der Waals surface area contributed by atoms with Crippen molar-refractivity contribution in [3.63, 3.8) is 0 Å². The summed E-state index contributed by atoms with van der Waals surface area (Å²) in [5, 5.41) is 8.84. The number of carbonyl (C=O) groups excluding carboxylic acids is 2. The summed E-state index contributed by atoms with van der Waals surface area (Å²) < 4.78 is 0. The Labute approximate surface area is 132 Å². The largest absolute Gasteiger partial charge is 0.376 e. The van der Waals surface area contributed by atoms with Gasteiger partial charge in [0.2, 0.25) is 5.91 Å². The monoisotopic (exact) mass is 305 g/mol. The molecule has 1 rings (SSSR count). The molecule has 0 heterocycles. The van der Waals surface area contributed by atoms with Crippen molar-refractivity contribution >= 4 is 17.5 Å². The lowest BCUT2D eigenvalue weighted by molar-refractivity contribution is -0.120. The van der Waals surface area contributed by atoms with Gasteiger partial charge in [-0.15, -0.1) is 0 Å². The first-order valence-electron chi connectivity index (χ1n) is 7.67. The predicted molar refractivity (Wildman–Crippen MR) is 90.0 cm³/mol. The predicted octanol–water partition coefficient (Wildman–Crippen LogP) is 2.54. The zero-order valence-corrected chi connectivity index (χ0v) is 14.1. The lowest BCUT2D eigenvalue weighted by Crippen LogP contribution is -2.43. The summed E-state index contributed by atoms with van der Waals surface area (Å²) in [6.07, 6.45) is 0.886. The van der Waals surface area contributed by atoms with Gasteiger partial charge in [0.15, 0.2) is 0 Å². The summed E-state index contributed by atoms with van der Waals surface area (Å²) in [5.41, 5.74) is 1.08. The molecule has 5 nitrogen and oxygen atoms in total. The van der Waals surface area contributed by atoms with Crippen LogP contribution in [0, 0.1) is 0 Å². The summed E-state index contributed by atoms with van der Waals surface area (Å²) in [4.78, 5) is 23.9. The Bertz CT molecular complexity index is 521. The Morgan fingerprint density at radius 2 is 1.91 bits per heavy atom. The van der Waals surface area contributed by atoms with E-state index in [-0.39, 0.29) is 29.9 Å². The first-order chi connectivity index (χ1) is 10.2. The van der Waals surface area contributed by atoms with Crippen LogP contribution in [0.2, 0.25) is 0 Å². The highest BCUT2D eigenvalue weighted by molar-refractivity contribution is 5.95. The zero-order chi connectivity index (χ0) is 16.8. The molecule has 0 bridgehead atoms. The minimum absolute atomic E-state index is 0.0815. The molecule has 0 spiro atoms. The van der Waals surface area contributed by atoms with Crippen LogP contribution in [-0.2, 0) is 4.79 Å². The number of hydrogen-bond donors (Lipinski definition) is 3. The molecule has 3 N–H and O–H groups in total. The normalized spacial score (nSPS) is 12.4. The highest BCUT2D eigenvalue weighted by Crippen LogP contribution is 2.11. The highest BCUT2D eigenvalue weighted by atomic mass is 16.2. The van der Waals surface area contributed by atoms with E-state index in [1.807, 2.05) is 40.7 Å². The van der Waals surface area contributed by atoms with Gasteiger partial charge in [-0.3, -0.25) is 9.59 Å². The van der Waals surface area contributed by atoms with Crippen molar-refractivity contribution in [2.24, 2.45) is 0 Å². The Kier molecular flexibility index (Phi) is 6.40. The molecule has 0 saturated heterocycles. The van der Waals surface area contributed by atoms with Crippen molar-refractivity contribution < 1.29 is 9.59 Å². The van der Waals surface area contributed by atoms with E-state index in [1.54, 1.807) is 18.2 Å². The molecule has 0 fully saturated rings. The average Bonchev–Trinajstić information content (AvgIpc) is 2.43. The van der Waals surface area contributed by atoms with E-state index < -0.39 is 0 Å². The lowest BCUT2D eigenvalue weighted by Gasteiger charge is -2.20. The van der Waals surface area contributed by atoms with Crippen LogP contribution < -0.4 is 16.0 Å². The van der Waals surface area contributed by atoms with Crippen LogP contribution in [0.15, 0.2) is 24.3 Å². The highest BCUT2D eigenvalue weighted by Gasteiger charge is 2.13. The third-order valence-electron chi connectivity index (χ3n) is 3.08. The summed E-state index contributed by atoms with van der Waals surface area (Å²) in [7, 11) is 0. The van der Waals surface area contributed by atoms with Crippen LogP contribution in [0.4, 0.5) is 5.69 Å². The summed E-state index contributed by atoms with van der Waals surface area (Å²) in [6.45, 7) is 9.97. The van der Waals surface area contributed by atoms with Crippen molar-refractivity contribution in [1.82, 2.24) is 10.6 Å². The molecule has 5 heteroatoms. The van der Waals surface area contributed by atoms with E-state index in [0.717, 1.165) is 12.1 Å². The molecular formula is C17H27N3O2. The van der Waals surface area contributed by atoms with Crippen molar-refractivity contribution in [1.29, 1.82) is 0 Å². The molecule has 2 amide bonds. The smallest absolute Gasteiger partial charge is 0.251 e. The molecule has 1 aromatic rings. The second-order valence-corrected chi connectivity index (χ2v) is 6.52. The van der Waals surface area contributed by atoms with E-state index in [9.17, 15) is 9.59 Å². The van der Waals surface area contributed by atoms with Gasteiger partial charge in [0.1, 0.15) is 0 Å². The first-order valence-corrected chi connectivity index (χ1v) is 7.67. The van der Waals surface area contributed by atoms with Crippen LogP contribution in [0.3, 0.4) is 0 Å². The lowest BCUT2D eigenvalue weighted by atomic mass is 10.1. The summed E-state index contributed by atoms with van der Waals surface area (Å²) in [6, 6.07) is 7.29. The number of carbonyl (C=O) groups is 2. The van der Waals surface area contributed by atoms with Crippen LogP contribution in [0.1, 0.15) is 51.4 Å². The summed E-state index contributed by atoms with van der Waals surface area (Å²) >= 11 is 0. The van der Waals surface area contributed by atoms with E-state index >= 15 is 0 Å². The quantitative estimate of drug-likeness (QED) is 0.756. The minimum atomic E-state index is -0.253. The van der Waals surface area contributed by atoms with Crippen LogP contribution in [0.25, 0.3) is 0 Å². The van der Waals surface area contributed by atoms with Gasteiger partial charge in [0.05, 0.1) is 6.54 Å². The average molecular weight is 305 g/mol. The maximum Gasteiger partial charge on any atom is 0.251 e. The van der Waals surface area contributed by atoms with Gasteiger partial charge >= 0.3 is 0 Å². The molecule has 0 radical (unpaired) electrons. The van der Waals surface area contributed by atoms with E-state index in [4.69, 9.17) is 0 Å². The molecule has 0 aromatic heterocycles. The van der Waals surface area contributed by atoms with E-state index in [2.05, 4.69) is 16.0 Å². The molecule has 0 saturated carbocycles. The number of hydrogen-bond acceptors (Lipinski definition) is 3. The number of amides is 2. The van der Waals surface area contributed by atoms with Crippen molar-refractivity contribution in [3.05, 3.63) is 29.8 Å². The van der Waals surface area contributed by atoms with Crippen LogP contribution >= 0.6 is 0 Å². The number of anilines is 1. The van der Waals surface area contributed by atoms with E-state index in [1.165, 1.54) is 0 Å². The number of benzene rings is 1. The van der Waals surface area contributed by atoms with Gasteiger partial charge in [-0.25, -0.2) is 0 Å². The van der Waals surface area contributed by atoms with Crippen molar-refractivity contribution in [2.45, 2.75) is 52.6 Å². The molecular weight excluding hydrogens is 278 g/mol. The van der Waals surface area contributed by atoms with Gasteiger partial charge in [-0.1, -0.05) is 13.0 Å². The molecule has 0 aliphatic rings. The Hall–Kier alpha value is -2.04. The van der Waals surface area contributed by atoms with Gasteiger partial charge in [0, 0.05) is 22.8 Å². The Balaban J connectivity index is 2.61. The van der Waals surface area contributed by atoms with Gasteiger partial charge in [-0.05, 0) is 52.3 Å². The number of rotatable bonds is 6. The molecule has 22 heavy (non-hydrogen) atoms. The van der Waals surface area contributed by atoms with Gasteiger partial charge in [-0.2, -0.15) is 0 Å². The third-order valence-corrected chi connectivity index (χ3v) is 3.08. The maximum atomic E-state index is 12.1. The molecule has 0 aliphatic heterocycles. The third kappa shape index (κ3) is 6.61. The maximum absolute atomic E-state index is 12.1. The SMILES string of the molecule is CCC(C)NC(=O)c1cccc(NCC(=O)NC(C)(C)C)c1. The van der Waals surface area contributed by atoms with E-state index in [0.29, 0.717) is 5.56 Å². The molecule has 1 aromatic carbocycles. The second kappa shape index (κ2) is 7.82. The fourth-order valence-electron chi connectivity index (χ4n) is 1.82. The standard InChI is InChI=1S/C17H27N3O2/c1-6-12(2)19-16(22)13-8-7-9-14(10-13)18-11-15(21)20-17(3,4)5/h7-10,12,18H,6,11H2,1-5H3,(H,19,22)(H,20,21). The second-order valence-electron chi connectivity index (χ2n) is 6.52. The fraction of sp³-hybridized carbons (Fsp3) is 0.529. The molecule has 1 atom stereocenters. The molecule has 1 unspecified atom stereocenters. The minimum Gasteiger partial charge on any atom is -0.376 e. The molecule has 122 valence electrons. The first kappa shape index (κ1) is 18.0. The van der Waals surface area contributed by atoms with Crippen LogP contribution in [0.5, 0.6) is 0 Å². The van der Waals surface area contributed by atoms with Gasteiger partial charge < -0.3 is 16.0 Å². The zero-order valence-electron chi connectivity index (χ0n) is 14.1. The fourth-order valence-corrected chi connectivity index (χ4v) is 1.82. The molecule has 0 aliphatic carbocycles. The summed E-state index contributed by atoms with van der Waals surface area (Å²) in [5.74, 6) is -0.181.